The molecule has 30 heavy (non-hydrogen) atoms. The number of nitrogens with zero attached hydrogens (tertiary/aromatic N) is 2. The number of nitrogens with one attached hydrogen (secondary N) is 1. The second-order valence-electron chi connectivity index (χ2n) is 7.53. The molecule has 6 heteroatoms. The van der Waals surface area contributed by atoms with Crippen LogP contribution in [0.25, 0.3) is 16.6 Å². The lowest BCUT2D eigenvalue weighted by molar-refractivity contribution is -0.125. The number of rotatable bonds is 7. The van der Waals surface area contributed by atoms with Crippen LogP contribution in [0.3, 0.4) is 0 Å². The minimum Gasteiger partial charge on any atom is -0.352 e. The van der Waals surface area contributed by atoms with Gasteiger partial charge in [-0.3, -0.25) is 14.2 Å². The number of carbonyl (C=O) groups is 1. The van der Waals surface area contributed by atoms with Crippen molar-refractivity contribution in [1.82, 2.24) is 14.5 Å². The second kappa shape index (κ2) is 9.11. The smallest absolute Gasteiger partial charge is 0.336 e. The highest BCUT2D eigenvalue weighted by molar-refractivity contribution is 5.84. The zero-order valence-electron chi connectivity index (χ0n) is 18.0. The largest absolute Gasteiger partial charge is 0.352 e. The van der Waals surface area contributed by atoms with Gasteiger partial charge in [-0.15, -0.1) is 0 Å². The summed E-state index contributed by atoms with van der Waals surface area (Å²) < 4.78 is 2.68. The summed E-state index contributed by atoms with van der Waals surface area (Å²) in [7, 11) is 0. The number of benzene rings is 2. The van der Waals surface area contributed by atoms with Gasteiger partial charge in [0.05, 0.1) is 16.6 Å². The zero-order chi connectivity index (χ0) is 21.8. The lowest BCUT2D eigenvalue weighted by atomic mass is 10.1. The summed E-state index contributed by atoms with van der Waals surface area (Å²) in [6.07, 6.45) is 1.90. The Bertz CT molecular complexity index is 1180. The molecule has 0 unspecified atom stereocenters. The predicted octanol–water partition coefficient (Wildman–Crippen LogP) is 3.58. The molecule has 1 N–H and O–H groups in total. The lowest BCUT2D eigenvalue weighted by Crippen LogP contribution is -2.46. The normalized spacial score (nSPS) is 13.2. The van der Waals surface area contributed by atoms with Crippen molar-refractivity contribution in [3.8, 4) is 5.69 Å². The number of hydrogen-bond donors (Lipinski definition) is 1. The van der Waals surface area contributed by atoms with Crippen molar-refractivity contribution >= 4 is 16.8 Å². The maximum absolute atomic E-state index is 13.7. The molecule has 0 saturated carbocycles. The molecule has 3 aromatic rings. The number of fused-ring (bicyclic) bond motifs is 1. The zero-order valence-corrected chi connectivity index (χ0v) is 18.0. The molecular weight excluding hydrogens is 378 g/mol. The van der Waals surface area contributed by atoms with Crippen LogP contribution >= 0.6 is 0 Å². The monoisotopic (exact) mass is 407 g/mol. The van der Waals surface area contributed by atoms with Crippen LogP contribution in [0.2, 0.25) is 0 Å². The average Bonchev–Trinajstić information content (AvgIpc) is 2.76. The highest BCUT2D eigenvalue weighted by atomic mass is 16.2. The van der Waals surface area contributed by atoms with E-state index < -0.39 is 11.7 Å². The fraction of sp³-hybridized carbons (Fsp3) is 0.375. The quantitative estimate of drug-likeness (QED) is 0.651. The van der Waals surface area contributed by atoms with Crippen molar-refractivity contribution in [2.75, 3.05) is 0 Å². The molecule has 1 heterocycles. The van der Waals surface area contributed by atoms with E-state index in [1.165, 1.54) is 9.13 Å². The van der Waals surface area contributed by atoms with E-state index in [2.05, 4.69) is 5.32 Å². The molecule has 158 valence electrons. The summed E-state index contributed by atoms with van der Waals surface area (Å²) in [5, 5.41) is 3.40. The highest BCUT2D eigenvalue weighted by Gasteiger charge is 2.26. The van der Waals surface area contributed by atoms with Crippen molar-refractivity contribution < 1.29 is 4.79 Å². The summed E-state index contributed by atoms with van der Waals surface area (Å²) in [6.45, 7) is 7.79. The molecule has 3 rings (SSSR count). The third kappa shape index (κ3) is 3.82. The minimum absolute atomic E-state index is 0.000221. The fourth-order valence-electron chi connectivity index (χ4n) is 3.75. The van der Waals surface area contributed by atoms with Crippen LogP contribution in [0.15, 0.2) is 58.1 Å². The molecule has 0 bridgehead atoms. The molecule has 0 fully saturated rings. The Morgan fingerprint density at radius 3 is 2.30 bits per heavy atom. The summed E-state index contributed by atoms with van der Waals surface area (Å²) in [5.74, 6) is -0.215. The molecule has 0 aliphatic rings. The van der Waals surface area contributed by atoms with Crippen molar-refractivity contribution in [3.63, 3.8) is 0 Å². The average molecular weight is 408 g/mol. The van der Waals surface area contributed by atoms with Crippen LogP contribution in [0.1, 0.15) is 52.1 Å². The Kier molecular flexibility index (Phi) is 6.55. The van der Waals surface area contributed by atoms with E-state index in [-0.39, 0.29) is 17.5 Å². The summed E-state index contributed by atoms with van der Waals surface area (Å²) in [4.78, 5) is 40.0. The molecule has 2 atom stereocenters. The maximum atomic E-state index is 13.7. The van der Waals surface area contributed by atoms with Gasteiger partial charge in [-0.05, 0) is 49.9 Å². The third-order valence-electron chi connectivity index (χ3n) is 5.61. The predicted molar refractivity (Wildman–Crippen MR) is 120 cm³/mol. The molecule has 0 aliphatic heterocycles. The molecule has 1 aromatic heterocycles. The Morgan fingerprint density at radius 1 is 0.967 bits per heavy atom. The van der Waals surface area contributed by atoms with Gasteiger partial charge >= 0.3 is 5.69 Å². The molecular formula is C24H29N3O3. The topological polar surface area (TPSA) is 73.1 Å². The lowest BCUT2D eigenvalue weighted by Gasteiger charge is -2.23. The first-order chi connectivity index (χ1) is 14.4. The van der Waals surface area contributed by atoms with Gasteiger partial charge in [0.1, 0.15) is 6.04 Å². The van der Waals surface area contributed by atoms with E-state index in [1.807, 2.05) is 45.9 Å². The van der Waals surface area contributed by atoms with Gasteiger partial charge in [-0.25, -0.2) is 9.36 Å². The van der Waals surface area contributed by atoms with E-state index in [0.29, 0.717) is 29.4 Å². The van der Waals surface area contributed by atoms with Gasteiger partial charge < -0.3 is 5.32 Å². The molecule has 0 spiro atoms. The Labute approximate surface area is 176 Å². The molecule has 1 amide bonds. The van der Waals surface area contributed by atoms with Gasteiger partial charge in [-0.2, -0.15) is 0 Å². The van der Waals surface area contributed by atoms with Gasteiger partial charge in [0.15, 0.2) is 0 Å². The standard InChI is InChI=1S/C24H29N3O3/c1-5-16(4)25-22(28)19(7-3)26-21-15-11-9-13-18(21)23(29)27(24(26)30)20-14-10-8-12-17(20)6-2/h8-16,19H,5-7H2,1-4H3,(H,25,28)/t16-,19+/m1/s1. The van der Waals surface area contributed by atoms with Crippen LogP contribution in [0, 0.1) is 0 Å². The number of carbonyl (C=O) groups excluding carboxylic acids is 1. The van der Waals surface area contributed by atoms with Crippen LogP contribution in [-0.4, -0.2) is 21.1 Å². The van der Waals surface area contributed by atoms with Gasteiger partial charge in [-0.1, -0.05) is 51.1 Å². The third-order valence-corrected chi connectivity index (χ3v) is 5.61. The van der Waals surface area contributed by atoms with Crippen LogP contribution in [-0.2, 0) is 11.2 Å². The SMILES string of the molecule is CCc1ccccc1-n1c(=O)c2ccccc2n([C@@H](CC)C(=O)N[C@H](C)CC)c1=O. The fourth-order valence-corrected chi connectivity index (χ4v) is 3.75. The summed E-state index contributed by atoms with van der Waals surface area (Å²) >= 11 is 0. The molecule has 0 saturated heterocycles. The highest BCUT2D eigenvalue weighted by Crippen LogP contribution is 2.19. The van der Waals surface area contributed by atoms with E-state index in [1.54, 1.807) is 30.3 Å². The van der Waals surface area contributed by atoms with Crippen LogP contribution in [0.5, 0.6) is 0 Å². The number of para-hydroxylation sites is 2. The maximum Gasteiger partial charge on any atom is 0.336 e. The van der Waals surface area contributed by atoms with E-state index >= 15 is 0 Å². The first-order valence-electron chi connectivity index (χ1n) is 10.6. The van der Waals surface area contributed by atoms with Crippen LogP contribution in [0.4, 0.5) is 0 Å². The number of hydrogen-bond acceptors (Lipinski definition) is 3. The second-order valence-corrected chi connectivity index (χ2v) is 7.53. The molecule has 0 aliphatic carbocycles. The van der Waals surface area contributed by atoms with Crippen molar-refractivity contribution in [3.05, 3.63) is 74.9 Å². The Morgan fingerprint density at radius 2 is 1.63 bits per heavy atom. The Balaban J connectivity index is 2.36. The van der Waals surface area contributed by atoms with E-state index in [0.717, 1.165) is 12.0 Å². The van der Waals surface area contributed by atoms with E-state index in [4.69, 9.17) is 0 Å². The van der Waals surface area contributed by atoms with Gasteiger partial charge in [0.25, 0.3) is 5.56 Å². The Hall–Kier alpha value is -3.15. The number of aromatic nitrogens is 2. The first kappa shape index (κ1) is 21.6. The number of amides is 1. The van der Waals surface area contributed by atoms with Crippen molar-refractivity contribution in [1.29, 1.82) is 0 Å². The molecule has 0 radical (unpaired) electrons. The van der Waals surface area contributed by atoms with E-state index in [9.17, 15) is 14.4 Å². The molecule has 2 aromatic carbocycles. The summed E-state index contributed by atoms with van der Waals surface area (Å²) in [6, 6.07) is 13.7. The molecule has 6 nitrogen and oxygen atoms in total. The van der Waals surface area contributed by atoms with Crippen molar-refractivity contribution in [2.45, 2.75) is 59.0 Å². The summed E-state index contributed by atoms with van der Waals surface area (Å²) in [5.41, 5.74) is 1.07. The first-order valence-corrected chi connectivity index (χ1v) is 10.6. The van der Waals surface area contributed by atoms with Crippen molar-refractivity contribution in [2.24, 2.45) is 0 Å². The van der Waals surface area contributed by atoms with Gasteiger partial charge in [0.2, 0.25) is 5.91 Å². The minimum atomic E-state index is -0.711. The van der Waals surface area contributed by atoms with Crippen LogP contribution < -0.4 is 16.6 Å². The number of aryl methyl sites for hydroxylation is 1. The van der Waals surface area contributed by atoms with Gasteiger partial charge in [0, 0.05) is 6.04 Å².